The molecule has 1 heterocycles. The summed E-state index contributed by atoms with van der Waals surface area (Å²) in [5.41, 5.74) is 0.393. The first-order valence-electron chi connectivity index (χ1n) is 9.71. The molecule has 0 atom stereocenters. The summed E-state index contributed by atoms with van der Waals surface area (Å²) in [6, 6.07) is 15.9. The number of ether oxygens (including phenoxy) is 2. The molecule has 0 saturated carbocycles. The molecule has 0 radical (unpaired) electrons. The molecule has 0 aliphatic heterocycles. The third-order valence-electron chi connectivity index (χ3n) is 4.26. The molecule has 2 aromatic carbocycles. The fourth-order valence-electron chi connectivity index (χ4n) is 2.49. The molecule has 160 valence electrons. The lowest BCUT2D eigenvalue weighted by Crippen LogP contribution is -2.25. The van der Waals surface area contributed by atoms with Crippen LogP contribution in [0.4, 0.5) is 4.39 Å². The highest BCUT2D eigenvalue weighted by Crippen LogP contribution is 2.25. The number of benzene rings is 2. The minimum absolute atomic E-state index is 0.00883. The zero-order chi connectivity index (χ0) is 22.4. The van der Waals surface area contributed by atoms with Gasteiger partial charge < -0.3 is 14.8 Å². The molecule has 3 aromatic rings. The van der Waals surface area contributed by atoms with E-state index in [4.69, 9.17) is 9.47 Å². The predicted molar refractivity (Wildman–Crippen MR) is 113 cm³/mol. The van der Waals surface area contributed by atoms with Crippen molar-refractivity contribution in [2.45, 2.75) is 27.3 Å². The molecule has 6 nitrogen and oxygen atoms in total. The van der Waals surface area contributed by atoms with Crippen LogP contribution in [0.3, 0.4) is 0 Å². The first-order chi connectivity index (χ1) is 14.7. The van der Waals surface area contributed by atoms with Gasteiger partial charge in [-0.1, -0.05) is 24.3 Å². The summed E-state index contributed by atoms with van der Waals surface area (Å²) < 4.78 is 24.7. The van der Waals surface area contributed by atoms with E-state index in [2.05, 4.69) is 10.3 Å². The normalized spacial score (nSPS) is 11.0. The number of amides is 1. The molecule has 1 aromatic heterocycles. The molecule has 0 aliphatic rings. The number of hydrogen-bond donors (Lipinski definition) is 1. The van der Waals surface area contributed by atoms with E-state index in [1.54, 1.807) is 69.3 Å². The van der Waals surface area contributed by atoms with Crippen LogP contribution in [-0.2, 0) is 11.3 Å². The van der Waals surface area contributed by atoms with Gasteiger partial charge in [0.15, 0.2) is 11.6 Å². The standard InChI is InChI=1S/C24H23FN2O4/c1-24(2,3)23(29)30-17-12-10-16(11-13-17)15-27-21(28)18-7-6-14-26-22(18)31-20-9-5-4-8-19(20)25/h4-14H,15H2,1-3H3,(H,27,28). The van der Waals surface area contributed by atoms with Crippen LogP contribution in [0.2, 0.25) is 0 Å². The second-order valence-electron chi connectivity index (χ2n) is 7.85. The van der Waals surface area contributed by atoms with Gasteiger partial charge in [-0.15, -0.1) is 0 Å². The number of aromatic nitrogens is 1. The van der Waals surface area contributed by atoms with Crippen molar-refractivity contribution in [1.29, 1.82) is 0 Å². The van der Waals surface area contributed by atoms with Gasteiger partial charge in [0.2, 0.25) is 5.88 Å². The Balaban J connectivity index is 1.64. The van der Waals surface area contributed by atoms with Crippen molar-refractivity contribution in [3.8, 4) is 17.4 Å². The number of hydrogen-bond acceptors (Lipinski definition) is 5. The Morgan fingerprint density at radius 1 is 1.00 bits per heavy atom. The van der Waals surface area contributed by atoms with Crippen molar-refractivity contribution in [3.05, 3.63) is 83.8 Å². The number of nitrogens with zero attached hydrogens (tertiary/aromatic N) is 1. The third kappa shape index (κ3) is 5.88. The summed E-state index contributed by atoms with van der Waals surface area (Å²) in [7, 11) is 0. The lowest BCUT2D eigenvalue weighted by Gasteiger charge is -2.16. The van der Waals surface area contributed by atoms with Crippen molar-refractivity contribution in [2.24, 2.45) is 5.41 Å². The Labute approximate surface area is 180 Å². The van der Waals surface area contributed by atoms with Gasteiger partial charge in [0, 0.05) is 12.7 Å². The number of nitrogens with one attached hydrogen (secondary N) is 1. The fourth-order valence-corrected chi connectivity index (χ4v) is 2.49. The van der Waals surface area contributed by atoms with Gasteiger partial charge in [-0.3, -0.25) is 9.59 Å². The van der Waals surface area contributed by atoms with Gasteiger partial charge in [-0.25, -0.2) is 9.37 Å². The average Bonchev–Trinajstić information content (AvgIpc) is 2.74. The minimum Gasteiger partial charge on any atom is -0.435 e. The van der Waals surface area contributed by atoms with E-state index in [-0.39, 0.29) is 29.7 Å². The number of esters is 1. The monoisotopic (exact) mass is 422 g/mol. The average molecular weight is 422 g/mol. The van der Waals surface area contributed by atoms with Gasteiger partial charge >= 0.3 is 5.97 Å². The highest BCUT2D eigenvalue weighted by atomic mass is 19.1. The molecule has 0 saturated heterocycles. The molecule has 1 N–H and O–H groups in total. The van der Waals surface area contributed by atoms with E-state index in [9.17, 15) is 14.0 Å². The first-order valence-corrected chi connectivity index (χ1v) is 9.71. The number of pyridine rings is 1. The van der Waals surface area contributed by atoms with Crippen molar-refractivity contribution in [3.63, 3.8) is 0 Å². The molecule has 0 unspecified atom stereocenters. The van der Waals surface area contributed by atoms with E-state index in [1.807, 2.05) is 0 Å². The molecule has 7 heteroatoms. The summed E-state index contributed by atoms with van der Waals surface area (Å²) in [6.45, 7) is 5.58. The molecule has 0 fully saturated rings. The van der Waals surface area contributed by atoms with Crippen LogP contribution in [0, 0.1) is 11.2 Å². The number of halogens is 1. The van der Waals surface area contributed by atoms with Crippen LogP contribution in [0.5, 0.6) is 17.4 Å². The highest BCUT2D eigenvalue weighted by Gasteiger charge is 2.23. The Hall–Kier alpha value is -3.74. The summed E-state index contributed by atoms with van der Waals surface area (Å²) >= 11 is 0. The van der Waals surface area contributed by atoms with Gasteiger partial charge in [0.05, 0.1) is 5.41 Å². The van der Waals surface area contributed by atoms with Gasteiger partial charge in [-0.2, -0.15) is 0 Å². The van der Waals surface area contributed by atoms with Crippen LogP contribution >= 0.6 is 0 Å². The van der Waals surface area contributed by atoms with Gasteiger partial charge in [0.25, 0.3) is 5.91 Å². The number of carbonyl (C=O) groups is 2. The van der Waals surface area contributed by atoms with Crippen molar-refractivity contribution in [1.82, 2.24) is 10.3 Å². The van der Waals surface area contributed by atoms with Crippen LogP contribution in [0.25, 0.3) is 0 Å². The highest BCUT2D eigenvalue weighted by molar-refractivity contribution is 5.96. The summed E-state index contributed by atoms with van der Waals surface area (Å²) in [4.78, 5) is 28.6. The van der Waals surface area contributed by atoms with Crippen LogP contribution in [0.15, 0.2) is 66.9 Å². The molecule has 0 aliphatic carbocycles. The predicted octanol–water partition coefficient (Wildman–Crippen LogP) is 4.89. The topological polar surface area (TPSA) is 77.5 Å². The van der Waals surface area contributed by atoms with Crippen LogP contribution in [0.1, 0.15) is 36.7 Å². The lowest BCUT2D eigenvalue weighted by atomic mass is 9.97. The Bertz CT molecular complexity index is 1080. The zero-order valence-corrected chi connectivity index (χ0v) is 17.5. The van der Waals surface area contributed by atoms with E-state index < -0.39 is 17.1 Å². The van der Waals surface area contributed by atoms with Crippen molar-refractivity contribution < 1.29 is 23.5 Å². The maximum Gasteiger partial charge on any atom is 0.316 e. The second kappa shape index (κ2) is 9.38. The minimum atomic E-state index is -0.598. The Morgan fingerprint density at radius 3 is 2.39 bits per heavy atom. The molecular formula is C24H23FN2O4. The van der Waals surface area contributed by atoms with Gasteiger partial charge in [-0.05, 0) is 62.7 Å². The van der Waals surface area contributed by atoms with Gasteiger partial charge in [0.1, 0.15) is 11.3 Å². The Morgan fingerprint density at radius 2 is 1.71 bits per heavy atom. The fraction of sp³-hybridized carbons (Fsp3) is 0.208. The molecule has 0 bridgehead atoms. The molecule has 0 spiro atoms. The van der Waals surface area contributed by atoms with E-state index in [0.29, 0.717) is 5.75 Å². The van der Waals surface area contributed by atoms with Crippen molar-refractivity contribution >= 4 is 11.9 Å². The lowest BCUT2D eigenvalue weighted by molar-refractivity contribution is -0.143. The van der Waals surface area contributed by atoms with E-state index in [0.717, 1.165) is 5.56 Å². The number of carbonyl (C=O) groups excluding carboxylic acids is 2. The maximum atomic E-state index is 13.9. The van der Waals surface area contributed by atoms with E-state index in [1.165, 1.54) is 18.3 Å². The zero-order valence-electron chi connectivity index (χ0n) is 17.5. The number of para-hydroxylation sites is 1. The molecule has 3 rings (SSSR count). The third-order valence-corrected chi connectivity index (χ3v) is 4.26. The van der Waals surface area contributed by atoms with Crippen molar-refractivity contribution in [2.75, 3.05) is 0 Å². The number of rotatable bonds is 6. The molecule has 31 heavy (non-hydrogen) atoms. The largest absolute Gasteiger partial charge is 0.435 e. The van der Waals surface area contributed by atoms with E-state index >= 15 is 0 Å². The first kappa shape index (κ1) is 22.0. The molecular weight excluding hydrogens is 399 g/mol. The second-order valence-corrected chi connectivity index (χ2v) is 7.85. The Kier molecular flexibility index (Phi) is 6.65. The summed E-state index contributed by atoms with van der Waals surface area (Å²) in [5, 5.41) is 2.78. The summed E-state index contributed by atoms with van der Waals surface area (Å²) in [6.07, 6.45) is 1.46. The SMILES string of the molecule is CC(C)(C)C(=O)Oc1ccc(CNC(=O)c2cccnc2Oc2ccccc2F)cc1. The van der Waals surface area contributed by atoms with Crippen LogP contribution < -0.4 is 14.8 Å². The quantitative estimate of drug-likeness (QED) is 0.452. The molecule has 1 amide bonds. The maximum absolute atomic E-state index is 13.9. The smallest absolute Gasteiger partial charge is 0.316 e. The van der Waals surface area contributed by atoms with Crippen LogP contribution in [-0.4, -0.2) is 16.9 Å². The summed E-state index contributed by atoms with van der Waals surface area (Å²) in [5.74, 6) is -0.866.